The molecule has 122 valence electrons. The van der Waals surface area contributed by atoms with E-state index in [1.807, 2.05) is 55.5 Å². The molecule has 0 aliphatic carbocycles. The van der Waals surface area contributed by atoms with Gasteiger partial charge in [0.05, 0.1) is 19.0 Å². The summed E-state index contributed by atoms with van der Waals surface area (Å²) in [6, 6.07) is 15.3. The number of ether oxygens (including phenoxy) is 1. The lowest BCUT2D eigenvalue weighted by molar-refractivity contribution is -0.133. The Morgan fingerprint density at radius 2 is 1.83 bits per heavy atom. The number of thioether (sulfide) groups is 1. The highest BCUT2D eigenvalue weighted by Crippen LogP contribution is 2.24. The molecule has 0 radical (unpaired) electrons. The van der Waals surface area contributed by atoms with E-state index in [0.717, 1.165) is 20.7 Å². The summed E-state index contributed by atoms with van der Waals surface area (Å²) in [7, 11) is 1.62. The van der Waals surface area contributed by atoms with E-state index in [0.29, 0.717) is 6.61 Å². The lowest BCUT2D eigenvalue weighted by Gasteiger charge is -2.12. The fourth-order valence-electron chi connectivity index (χ4n) is 1.77. The molecular weight excluding hydrogens is 378 g/mol. The van der Waals surface area contributed by atoms with Crippen LogP contribution in [0.4, 0.5) is 0 Å². The number of carbonyl (C=O) groups is 1. The molecule has 4 nitrogen and oxygen atoms in total. The van der Waals surface area contributed by atoms with Gasteiger partial charge < -0.3 is 4.74 Å². The van der Waals surface area contributed by atoms with E-state index in [-0.39, 0.29) is 11.2 Å². The Bertz CT molecular complexity index is 631. The van der Waals surface area contributed by atoms with Gasteiger partial charge in [-0.25, -0.2) is 5.48 Å². The van der Waals surface area contributed by atoms with Crippen LogP contribution in [0.3, 0.4) is 0 Å². The van der Waals surface area contributed by atoms with Crippen LogP contribution in [-0.4, -0.2) is 18.3 Å². The molecule has 1 atom stereocenters. The van der Waals surface area contributed by atoms with Gasteiger partial charge in [0.2, 0.25) is 0 Å². The molecule has 0 saturated carbocycles. The Balaban J connectivity index is 1.75. The van der Waals surface area contributed by atoms with Crippen molar-refractivity contribution in [2.75, 3.05) is 7.11 Å². The summed E-state index contributed by atoms with van der Waals surface area (Å²) in [5, 5.41) is -0.243. The highest BCUT2D eigenvalue weighted by atomic mass is 79.9. The molecule has 1 amide bonds. The Hall–Kier alpha value is -1.50. The van der Waals surface area contributed by atoms with Crippen LogP contribution >= 0.6 is 27.7 Å². The molecule has 2 aromatic rings. The second kappa shape index (κ2) is 8.96. The van der Waals surface area contributed by atoms with Gasteiger partial charge in [0, 0.05) is 9.37 Å². The molecule has 1 unspecified atom stereocenters. The maximum atomic E-state index is 12.0. The quantitative estimate of drug-likeness (QED) is 0.563. The summed E-state index contributed by atoms with van der Waals surface area (Å²) in [5.74, 6) is 0.628. The van der Waals surface area contributed by atoms with Gasteiger partial charge in [-0.3, -0.25) is 9.63 Å². The van der Waals surface area contributed by atoms with Crippen LogP contribution in [0.1, 0.15) is 12.5 Å². The molecule has 0 aromatic heterocycles. The van der Waals surface area contributed by atoms with Crippen LogP contribution in [0, 0.1) is 0 Å². The van der Waals surface area contributed by atoms with E-state index in [1.165, 1.54) is 11.8 Å². The minimum absolute atomic E-state index is 0.161. The second-order valence-corrected chi connectivity index (χ2v) is 7.15. The monoisotopic (exact) mass is 395 g/mol. The number of methoxy groups -OCH3 is 1. The van der Waals surface area contributed by atoms with Gasteiger partial charge in [0.15, 0.2) is 0 Å². The molecule has 0 spiro atoms. The molecule has 0 bridgehead atoms. The minimum atomic E-state index is -0.243. The third kappa shape index (κ3) is 5.89. The molecule has 0 aliphatic rings. The van der Waals surface area contributed by atoms with Gasteiger partial charge in [-0.15, -0.1) is 11.8 Å². The van der Waals surface area contributed by atoms with Crippen LogP contribution in [0.15, 0.2) is 57.9 Å². The summed E-state index contributed by atoms with van der Waals surface area (Å²) in [6.45, 7) is 2.16. The Labute approximate surface area is 148 Å². The minimum Gasteiger partial charge on any atom is -0.497 e. The smallest absolute Gasteiger partial charge is 0.256 e. The van der Waals surface area contributed by atoms with Gasteiger partial charge in [0.1, 0.15) is 5.75 Å². The Morgan fingerprint density at radius 1 is 1.17 bits per heavy atom. The van der Waals surface area contributed by atoms with Crippen molar-refractivity contribution < 1.29 is 14.4 Å². The molecule has 2 aromatic carbocycles. The molecule has 0 aliphatic heterocycles. The number of amides is 1. The highest BCUT2D eigenvalue weighted by molar-refractivity contribution is 9.10. The van der Waals surface area contributed by atoms with E-state index >= 15 is 0 Å². The zero-order chi connectivity index (χ0) is 16.7. The van der Waals surface area contributed by atoms with Crippen molar-refractivity contribution in [1.29, 1.82) is 0 Å². The third-order valence-electron chi connectivity index (χ3n) is 3.07. The van der Waals surface area contributed by atoms with Crippen LogP contribution in [0.25, 0.3) is 0 Å². The first-order chi connectivity index (χ1) is 11.1. The number of hydrogen-bond donors (Lipinski definition) is 1. The van der Waals surface area contributed by atoms with Gasteiger partial charge >= 0.3 is 0 Å². The predicted molar refractivity (Wildman–Crippen MR) is 95.4 cm³/mol. The van der Waals surface area contributed by atoms with Crippen LogP contribution in [-0.2, 0) is 16.2 Å². The van der Waals surface area contributed by atoms with E-state index in [9.17, 15) is 4.79 Å². The standard InChI is InChI=1S/C17H18BrNO3S/c1-12(23-16-9-5-14(18)6-10-16)17(20)19-22-11-13-3-7-15(21-2)8-4-13/h3-10,12H,11H2,1-2H3,(H,19,20). The maximum Gasteiger partial charge on any atom is 0.256 e. The second-order valence-electron chi connectivity index (χ2n) is 4.82. The van der Waals surface area contributed by atoms with Crippen molar-refractivity contribution >= 4 is 33.6 Å². The largest absolute Gasteiger partial charge is 0.497 e. The molecule has 0 heterocycles. The lowest BCUT2D eigenvalue weighted by atomic mass is 10.2. The zero-order valence-corrected chi connectivity index (χ0v) is 15.3. The number of benzene rings is 2. The molecule has 2 rings (SSSR count). The molecule has 1 N–H and O–H groups in total. The van der Waals surface area contributed by atoms with Crippen molar-refractivity contribution in [3.05, 3.63) is 58.6 Å². The summed E-state index contributed by atoms with van der Waals surface area (Å²) in [6.07, 6.45) is 0. The number of rotatable bonds is 7. The molecular formula is C17H18BrNO3S. The first kappa shape index (κ1) is 17.8. The van der Waals surface area contributed by atoms with Crippen molar-refractivity contribution in [3.63, 3.8) is 0 Å². The van der Waals surface area contributed by atoms with Crippen molar-refractivity contribution in [3.8, 4) is 5.75 Å². The molecule has 23 heavy (non-hydrogen) atoms. The van der Waals surface area contributed by atoms with Crippen LogP contribution in [0.5, 0.6) is 5.75 Å². The highest BCUT2D eigenvalue weighted by Gasteiger charge is 2.14. The topological polar surface area (TPSA) is 47.6 Å². The predicted octanol–water partition coefficient (Wildman–Crippen LogP) is 4.19. The Morgan fingerprint density at radius 3 is 2.43 bits per heavy atom. The molecule has 0 saturated heterocycles. The number of carbonyl (C=O) groups excluding carboxylic acids is 1. The van der Waals surface area contributed by atoms with E-state index in [2.05, 4.69) is 21.4 Å². The Kier molecular flexibility index (Phi) is 6.95. The molecule has 0 fully saturated rings. The maximum absolute atomic E-state index is 12.0. The van der Waals surface area contributed by atoms with Gasteiger partial charge in [-0.1, -0.05) is 28.1 Å². The average molecular weight is 396 g/mol. The fraction of sp³-hybridized carbons (Fsp3) is 0.235. The number of halogens is 1. The summed E-state index contributed by atoms with van der Waals surface area (Å²) < 4.78 is 6.11. The van der Waals surface area contributed by atoms with E-state index in [1.54, 1.807) is 7.11 Å². The van der Waals surface area contributed by atoms with Crippen molar-refractivity contribution in [2.24, 2.45) is 0 Å². The number of hydroxylamine groups is 1. The summed E-state index contributed by atoms with van der Waals surface area (Å²) >= 11 is 4.87. The van der Waals surface area contributed by atoms with Crippen LogP contribution < -0.4 is 10.2 Å². The van der Waals surface area contributed by atoms with Crippen molar-refractivity contribution in [2.45, 2.75) is 23.7 Å². The zero-order valence-electron chi connectivity index (χ0n) is 12.9. The van der Waals surface area contributed by atoms with Gasteiger partial charge in [-0.05, 0) is 48.9 Å². The molecule has 6 heteroatoms. The summed E-state index contributed by atoms with van der Waals surface area (Å²) in [4.78, 5) is 18.3. The van der Waals surface area contributed by atoms with Gasteiger partial charge in [0.25, 0.3) is 5.91 Å². The first-order valence-electron chi connectivity index (χ1n) is 7.05. The van der Waals surface area contributed by atoms with Gasteiger partial charge in [-0.2, -0.15) is 0 Å². The van der Waals surface area contributed by atoms with Crippen molar-refractivity contribution in [1.82, 2.24) is 5.48 Å². The average Bonchev–Trinajstić information content (AvgIpc) is 2.57. The SMILES string of the molecule is COc1ccc(CONC(=O)C(C)Sc2ccc(Br)cc2)cc1. The van der Waals surface area contributed by atoms with E-state index < -0.39 is 0 Å². The summed E-state index contributed by atoms with van der Waals surface area (Å²) in [5.41, 5.74) is 3.45. The third-order valence-corrected chi connectivity index (χ3v) is 4.71. The lowest BCUT2D eigenvalue weighted by Crippen LogP contribution is -2.30. The van der Waals surface area contributed by atoms with E-state index in [4.69, 9.17) is 9.57 Å². The van der Waals surface area contributed by atoms with Crippen LogP contribution in [0.2, 0.25) is 0 Å². The first-order valence-corrected chi connectivity index (χ1v) is 8.72. The fourth-order valence-corrected chi connectivity index (χ4v) is 2.89. The number of hydrogen-bond acceptors (Lipinski definition) is 4. The number of nitrogens with one attached hydrogen (secondary N) is 1. The normalized spacial score (nSPS) is 11.8.